The van der Waals surface area contributed by atoms with Gasteiger partial charge in [0.2, 0.25) is 0 Å². The fraction of sp³-hybridized carbons (Fsp3) is 0.417. The van der Waals surface area contributed by atoms with Gasteiger partial charge in [0.25, 0.3) is 5.69 Å². The molecule has 0 spiro atoms. The lowest BCUT2D eigenvalue weighted by Crippen LogP contribution is -2.15. The zero-order chi connectivity index (χ0) is 12.6. The van der Waals surface area contributed by atoms with Crippen LogP contribution in [0.3, 0.4) is 0 Å². The number of hydrogen-bond donors (Lipinski definition) is 0. The van der Waals surface area contributed by atoms with Gasteiger partial charge in [0.1, 0.15) is 5.78 Å². The minimum Gasteiger partial charge on any atom is -0.299 e. The van der Waals surface area contributed by atoms with Crippen LogP contribution in [-0.4, -0.2) is 10.7 Å². The largest absolute Gasteiger partial charge is 0.299 e. The van der Waals surface area contributed by atoms with Crippen LogP contribution in [0.5, 0.6) is 0 Å². The second kappa shape index (κ2) is 4.22. The lowest BCUT2D eigenvalue weighted by Gasteiger charge is -2.12. The third kappa shape index (κ3) is 2.24. The molecule has 0 saturated heterocycles. The molecule has 17 heavy (non-hydrogen) atoms. The van der Waals surface area contributed by atoms with Crippen LogP contribution in [0.15, 0.2) is 22.7 Å². The molecule has 2 rings (SSSR count). The number of nitrogens with zero attached hydrogens (tertiary/aromatic N) is 1. The number of nitro groups is 1. The van der Waals surface area contributed by atoms with Gasteiger partial charge in [-0.2, -0.15) is 0 Å². The molecule has 0 radical (unpaired) electrons. The van der Waals surface area contributed by atoms with E-state index >= 15 is 0 Å². The van der Waals surface area contributed by atoms with Crippen molar-refractivity contribution < 1.29 is 9.72 Å². The first kappa shape index (κ1) is 12.2. The number of Topliss-reactive ketones (excluding diaryl/α,β-unsaturated/α-hetero) is 1. The van der Waals surface area contributed by atoms with E-state index in [-0.39, 0.29) is 16.9 Å². The first-order valence-electron chi connectivity index (χ1n) is 5.39. The van der Waals surface area contributed by atoms with Gasteiger partial charge in [0, 0.05) is 11.5 Å². The van der Waals surface area contributed by atoms with E-state index in [1.165, 1.54) is 6.07 Å². The van der Waals surface area contributed by atoms with Crippen molar-refractivity contribution in [2.45, 2.75) is 26.2 Å². The second-order valence-corrected chi connectivity index (χ2v) is 5.31. The van der Waals surface area contributed by atoms with Crippen LogP contribution in [0.1, 0.15) is 25.3 Å². The average Bonchev–Trinajstić information content (AvgIpc) is 3.02. The van der Waals surface area contributed by atoms with Crippen LogP contribution in [0.25, 0.3) is 0 Å². The number of rotatable bonds is 4. The minimum atomic E-state index is -0.416. The SMILES string of the molecule is CC(=O)C1(Cc2cccc([N+](=O)[O-])c2Br)CC1. The van der Waals surface area contributed by atoms with Crippen LogP contribution < -0.4 is 0 Å². The van der Waals surface area contributed by atoms with Crippen molar-refractivity contribution in [3.63, 3.8) is 0 Å². The van der Waals surface area contributed by atoms with Crippen molar-refractivity contribution >= 4 is 27.4 Å². The maximum absolute atomic E-state index is 11.5. The maximum atomic E-state index is 11.5. The second-order valence-electron chi connectivity index (χ2n) is 4.52. The van der Waals surface area contributed by atoms with Gasteiger partial charge in [-0.05, 0) is 47.7 Å². The van der Waals surface area contributed by atoms with E-state index < -0.39 is 4.92 Å². The van der Waals surface area contributed by atoms with E-state index in [9.17, 15) is 14.9 Å². The first-order chi connectivity index (χ1) is 7.96. The summed E-state index contributed by atoms with van der Waals surface area (Å²) in [4.78, 5) is 21.9. The molecule has 1 aliphatic rings. The van der Waals surface area contributed by atoms with E-state index in [1.807, 2.05) is 6.07 Å². The average molecular weight is 298 g/mol. The molecule has 90 valence electrons. The smallest absolute Gasteiger partial charge is 0.283 e. The standard InChI is InChI=1S/C12H12BrNO3/c1-8(15)12(5-6-12)7-9-3-2-4-10(11(9)13)14(16)17/h2-4H,5-7H2,1H3. The molecule has 1 saturated carbocycles. The number of halogens is 1. The summed E-state index contributed by atoms with van der Waals surface area (Å²) in [6, 6.07) is 4.95. The highest BCUT2D eigenvalue weighted by atomic mass is 79.9. The monoisotopic (exact) mass is 297 g/mol. The van der Waals surface area contributed by atoms with Gasteiger partial charge in [0.15, 0.2) is 0 Å². The third-order valence-corrected chi connectivity index (χ3v) is 4.30. The van der Waals surface area contributed by atoms with E-state index in [2.05, 4.69) is 15.9 Å². The van der Waals surface area contributed by atoms with Crippen molar-refractivity contribution in [2.75, 3.05) is 0 Å². The molecule has 0 aliphatic heterocycles. The van der Waals surface area contributed by atoms with Crippen LogP contribution in [-0.2, 0) is 11.2 Å². The summed E-state index contributed by atoms with van der Waals surface area (Å²) in [6.07, 6.45) is 2.36. The Hall–Kier alpha value is -1.23. The highest BCUT2D eigenvalue weighted by Crippen LogP contribution is 2.50. The van der Waals surface area contributed by atoms with Crippen LogP contribution >= 0.6 is 15.9 Å². The molecule has 1 aromatic rings. The van der Waals surface area contributed by atoms with Gasteiger partial charge in [0.05, 0.1) is 9.40 Å². The Morgan fingerprint density at radius 2 is 2.18 bits per heavy atom. The Morgan fingerprint density at radius 1 is 1.53 bits per heavy atom. The van der Waals surface area contributed by atoms with Gasteiger partial charge in [-0.15, -0.1) is 0 Å². The maximum Gasteiger partial charge on any atom is 0.283 e. The fourth-order valence-electron chi connectivity index (χ4n) is 2.01. The summed E-state index contributed by atoms with van der Waals surface area (Å²) in [5, 5.41) is 10.8. The molecule has 5 heteroatoms. The number of carbonyl (C=O) groups is 1. The first-order valence-corrected chi connectivity index (χ1v) is 6.18. The van der Waals surface area contributed by atoms with Crippen molar-refractivity contribution in [2.24, 2.45) is 5.41 Å². The number of hydrogen-bond acceptors (Lipinski definition) is 3. The molecule has 1 fully saturated rings. The molecule has 0 aromatic heterocycles. The van der Waals surface area contributed by atoms with Gasteiger partial charge >= 0.3 is 0 Å². The molecular weight excluding hydrogens is 286 g/mol. The molecule has 0 amide bonds. The Kier molecular flexibility index (Phi) is 3.03. The molecule has 0 bridgehead atoms. The molecule has 0 heterocycles. The quantitative estimate of drug-likeness (QED) is 0.633. The number of carbonyl (C=O) groups excluding carboxylic acids is 1. The third-order valence-electron chi connectivity index (χ3n) is 3.38. The Balaban J connectivity index is 2.31. The molecule has 0 atom stereocenters. The molecule has 4 nitrogen and oxygen atoms in total. The van der Waals surface area contributed by atoms with Crippen molar-refractivity contribution in [3.8, 4) is 0 Å². The normalized spacial score (nSPS) is 16.6. The molecule has 1 aliphatic carbocycles. The zero-order valence-electron chi connectivity index (χ0n) is 9.40. The van der Waals surface area contributed by atoms with E-state index in [0.717, 1.165) is 18.4 Å². The number of benzene rings is 1. The summed E-state index contributed by atoms with van der Waals surface area (Å²) in [5.74, 6) is 0.177. The predicted molar refractivity (Wildman–Crippen MR) is 66.8 cm³/mol. The summed E-state index contributed by atoms with van der Waals surface area (Å²) < 4.78 is 0.498. The lowest BCUT2D eigenvalue weighted by atomic mass is 9.93. The predicted octanol–water partition coefficient (Wildman–Crippen LogP) is 3.27. The Morgan fingerprint density at radius 3 is 2.65 bits per heavy atom. The molecule has 0 N–H and O–H groups in total. The van der Waals surface area contributed by atoms with E-state index in [1.54, 1.807) is 13.0 Å². The molecular formula is C12H12BrNO3. The molecule has 1 aromatic carbocycles. The summed E-state index contributed by atoms with van der Waals surface area (Å²) >= 11 is 3.26. The summed E-state index contributed by atoms with van der Waals surface area (Å²) in [5.41, 5.74) is 0.631. The topological polar surface area (TPSA) is 60.2 Å². The zero-order valence-corrected chi connectivity index (χ0v) is 11.0. The Bertz CT molecular complexity index is 495. The Labute approximate surface area is 107 Å². The van der Waals surface area contributed by atoms with E-state index in [4.69, 9.17) is 0 Å². The highest BCUT2D eigenvalue weighted by molar-refractivity contribution is 9.10. The highest BCUT2D eigenvalue weighted by Gasteiger charge is 2.47. The van der Waals surface area contributed by atoms with Gasteiger partial charge < -0.3 is 0 Å². The van der Waals surface area contributed by atoms with Crippen molar-refractivity contribution in [1.82, 2.24) is 0 Å². The number of ketones is 1. The molecule has 0 unspecified atom stereocenters. The van der Waals surface area contributed by atoms with Gasteiger partial charge in [-0.25, -0.2) is 0 Å². The van der Waals surface area contributed by atoms with E-state index in [0.29, 0.717) is 10.9 Å². The van der Waals surface area contributed by atoms with Crippen LogP contribution in [0.2, 0.25) is 0 Å². The summed E-state index contributed by atoms with van der Waals surface area (Å²) in [7, 11) is 0. The lowest BCUT2D eigenvalue weighted by molar-refractivity contribution is -0.385. The van der Waals surface area contributed by atoms with Crippen LogP contribution in [0, 0.1) is 15.5 Å². The van der Waals surface area contributed by atoms with Gasteiger partial charge in [-0.1, -0.05) is 12.1 Å². The van der Waals surface area contributed by atoms with Crippen molar-refractivity contribution in [3.05, 3.63) is 38.3 Å². The van der Waals surface area contributed by atoms with Gasteiger partial charge in [-0.3, -0.25) is 14.9 Å². The number of nitro benzene ring substituents is 1. The summed E-state index contributed by atoms with van der Waals surface area (Å²) in [6.45, 7) is 1.60. The van der Waals surface area contributed by atoms with Crippen LogP contribution in [0.4, 0.5) is 5.69 Å². The fourth-order valence-corrected chi connectivity index (χ4v) is 2.56. The minimum absolute atomic E-state index is 0.0573. The van der Waals surface area contributed by atoms with Crippen molar-refractivity contribution in [1.29, 1.82) is 0 Å².